The molecule has 0 saturated carbocycles. The normalized spacial score (nSPS) is 9.44. The average Bonchev–Trinajstić information content (AvgIpc) is 2.37. The second kappa shape index (κ2) is 5.82. The molecule has 0 aliphatic rings. The SMILES string of the molecule is CN(C)C(=O)CN(C)C(=O)c1ccc(C#N)cc1. The van der Waals surface area contributed by atoms with E-state index in [9.17, 15) is 9.59 Å². The molecule has 0 fully saturated rings. The molecule has 5 heteroatoms. The monoisotopic (exact) mass is 245 g/mol. The number of hydrogen-bond acceptors (Lipinski definition) is 3. The Morgan fingerprint density at radius 3 is 2.17 bits per heavy atom. The first kappa shape index (κ1) is 13.7. The van der Waals surface area contributed by atoms with E-state index >= 15 is 0 Å². The second-order valence-corrected chi connectivity index (χ2v) is 4.14. The largest absolute Gasteiger partial charge is 0.347 e. The standard InChI is InChI=1S/C13H15N3O2/c1-15(2)12(17)9-16(3)13(18)11-6-4-10(8-14)5-7-11/h4-7H,9H2,1-3H3. The number of rotatable bonds is 3. The van der Waals surface area contributed by atoms with Gasteiger partial charge in [-0.25, -0.2) is 0 Å². The van der Waals surface area contributed by atoms with Crippen LogP contribution in [0.4, 0.5) is 0 Å². The molecular formula is C13H15N3O2. The van der Waals surface area contributed by atoms with Crippen molar-refractivity contribution in [2.45, 2.75) is 0 Å². The van der Waals surface area contributed by atoms with Crippen LogP contribution in [0.25, 0.3) is 0 Å². The maximum absolute atomic E-state index is 12.0. The number of carbonyl (C=O) groups is 2. The summed E-state index contributed by atoms with van der Waals surface area (Å²) < 4.78 is 0. The van der Waals surface area contributed by atoms with E-state index in [-0.39, 0.29) is 18.4 Å². The highest BCUT2D eigenvalue weighted by Crippen LogP contribution is 2.06. The Balaban J connectivity index is 2.74. The number of nitriles is 1. The quantitative estimate of drug-likeness (QED) is 0.788. The lowest BCUT2D eigenvalue weighted by Gasteiger charge is -2.19. The lowest BCUT2D eigenvalue weighted by Crippen LogP contribution is -2.37. The highest BCUT2D eigenvalue weighted by Gasteiger charge is 2.15. The van der Waals surface area contributed by atoms with Gasteiger partial charge >= 0.3 is 0 Å². The molecule has 5 nitrogen and oxygen atoms in total. The Bertz CT molecular complexity index is 486. The fourth-order valence-corrected chi connectivity index (χ4v) is 1.32. The molecule has 1 aromatic carbocycles. The number of benzene rings is 1. The highest BCUT2D eigenvalue weighted by molar-refractivity contribution is 5.96. The van der Waals surface area contributed by atoms with Crippen LogP contribution in [-0.2, 0) is 4.79 Å². The Morgan fingerprint density at radius 1 is 1.17 bits per heavy atom. The number of amides is 2. The summed E-state index contributed by atoms with van der Waals surface area (Å²) in [4.78, 5) is 26.2. The van der Waals surface area contributed by atoms with Crippen molar-refractivity contribution < 1.29 is 9.59 Å². The second-order valence-electron chi connectivity index (χ2n) is 4.14. The Labute approximate surface area is 106 Å². The van der Waals surface area contributed by atoms with Crippen molar-refractivity contribution in [1.29, 1.82) is 5.26 Å². The Kier molecular flexibility index (Phi) is 4.44. The van der Waals surface area contributed by atoms with Crippen LogP contribution < -0.4 is 0 Å². The van der Waals surface area contributed by atoms with Crippen molar-refractivity contribution in [1.82, 2.24) is 9.80 Å². The van der Waals surface area contributed by atoms with Crippen LogP contribution >= 0.6 is 0 Å². The minimum Gasteiger partial charge on any atom is -0.347 e. The molecule has 0 saturated heterocycles. The molecule has 0 bridgehead atoms. The maximum Gasteiger partial charge on any atom is 0.254 e. The molecular weight excluding hydrogens is 230 g/mol. The van der Waals surface area contributed by atoms with E-state index in [2.05, 4.69) is 0 Å². The molecule has 0 aromatic heterocycles. The zero-order valence-electron chi connectivity index (χ0n) is 10.7. The van der Waals surface area contributed by atoms with Crippen LogP contribution in [0.5, 0.6) is 0 Å². The third kappa shape index (κ3) is 3.32. The number of likely N-dealkylation sites (N-methyl/N-ethyl adjacent to an activating group) is 2. The van der Waals surface area contributed by atoms with Gasteiger partial charge in [0, 0.05) is 26.7 Å². The van der Waals surface area contributed by atoms with Crippen LogP contribution in [-0.4, -0.2) is 49.3 Å². The number of carbonyl (C=O) groups excluding carboxylic acids is 2. The van der Waals surface area contributed by atoms with Crippen LogP contribution in [0.3, 0.4) is 0 Å². The van der Waals surface area contributed by atoms with Gasteiger partial charge in [-0.15, -0.1) is 0 Å². The summed E-state index contributed by atoms with van der Waals surface area (Å²) in [6.45, 7) is 0.0336. The third-order valence-corrected chi connectivity index (χ3v) is 2.48. The zero-order chi connectivity index (χ0) is 13.7. The van der Waals surface area contributed by atoms with E-state index in [0.717, 1.165) is 0 Å². The molecule has 0 radical (unpaired) electrons. The lowest BCUT2D eigenvalue weighted by molar-refractivity contribution is -0.129. The highest BCUT2D eigenvalue weighted by atomic mass is 16.2. The first-order chi connectivity index (χ1) is 8.45. The van der Waals surface area contributed by atoms with Gasteiger partial charge in [-0.3, -0.25) is 9.59 Å². The summed E-state index contributed by atoms with van der Waals surface area (Å²) in [6, 6.07) is 8.30. The minimum absolute atomic E-state index is 0.0336. The van der Waals surface area contributed by atoms with Gasteiger partial charge < -0.3 is 9.80 Å². The van der Waals surface area contributed by atoms with Crippen LogP contribution in [0, 0.1) is 11.3 Å². The summed E-state index contributed by atoms with van der Waals surface area (Å²) in [5.41, 5.74) is 0.960. The molecule has 0 unspecified atom stereocenters. The lowest BCUT2D eigenvalue weighted by atomic mass is 10.1. The predicted molar refractivity (Wildman–Crippen MR) is 66.8 cm³/mol. The van der Waals surface area contributed by atoms with Gasteiger partial charge in [-0.2, -0.15) is 5.26 Å². The third-order valence-electron chi connectivity index (χ3n) is 2.48. The Morgan fingerprint density at radius 2 is 1.72 bits per heavy atom. The minimum atomic E-state index is -0.241. The zero-order valence-corrected chi connectivity index (χ0v) is 10.7. The van der Waals surface area contributed by atoms with Crippen molar-refractivity contribution in [2.24, 2.45) is 0 Å². The summed E-state index contributed by atoms with van der Waals surface area (Å²) in [7, 11) is 4.85. The molecule has 0 aliphatic heterocycles. The van der Waals surface area contributed by atoms with Gasteiger partial charge in [-0.1, -0.05) is 0 Å². The fourth-order valence-electron chi connectivity index (χ4n) is 1.32. The fraction of sp³-hybridized carbons (Fsp3) is 0.308. The van der Waals surface area contributed by atoms with Gasteiger partial charge in [-0.05, 0) is 24.3 Å². The molecule has 94 valence electrons. The maximum atomic E-state index is 12.0. The summed E-state index contributed by atoms with van der Waals surface area (Å²) in [5.74, 6) is -0.380. The van der Waals surface area contributed by atoms with Gasteiger partial charge in [0.05, 0.1) is 18.2 Å². The van der Waals surface area contributed by atoms with Crippen molar-refractivity contribution >= 4 is 11.8 Å². The van der Waals surface area contributed by atoms with Crippen molar-refractivity contribution in [3.63, 3.8) is 0 Å². The first-order valence-electron chi connectivity index (χ1n) is 5.41. The topological polar surface area (TPSA) is 64.4 Å². The van der Waals surface area contributed by atoms with E-state index < -0.39 is 0 Å². The molecule has 0 heterocycles. The van der Waals surface area contributed by atoms with E-state index in [1.807, 2.05) is 6.07 Å². The summed E-state index contributed by atoms with van der Waals surface area (Å²) >= 11 is 0. The molecule has 2 amide bonds. The van der Waals surface area contributed by atoms with Crippen molar-refractivity contribution in [2.75, 3.05) is 27.7 Å². The number of nitrogens with zero attached hydrogens (tertiary/aromatic N) is 3. The van der Waals surface area contributed by atoms with Crippen molar-refractivity contribution in [3.05, 3.63) is 35.4 Å². The number of hydrogen-bond donors (Lipinski definition) is 0. The molecule has 0 spiro atoms. The Hall–Kier alpha value is -2.35. The van der Waals surface area contributed by atoms with Gasteiger partial charge in [0.25, 0.3) is 5.91 Å². The van der Waals surface area contributed by atoms with Crippen LogP contribution in [0.15, 0.2) is 24.3 Å². The average molecular weight is 245 g/mol. The summed E-state index contributed by atoms with van der Waals surface area (Å²) in [5, 5.41) is 8.66. The summed E-state index contributed by atoms with van der Waals surface area (Å²) in [6.07, 6.45) is 0. The van der Waals surface area contributed by atoms with E-state index in [1.165, 1.54) is 9.80 Å². The molecule has 1 rings (SSSR count). The predicted octanol–water partition coefficient (Wildman–Crippen LogP) is 0.718. The molecule has 0 N–H and O–H groups in total. The van der Waals surface area contributed by atoms with Crippen LogP contribution in [0.2, 0.25) is 0 Å². The molecule has 1 aromatic rings. The molecule has 0 atom stereocenters. The first-order valence-corrected chi connectivity index (χ1v) is 5.41. The smallest absolute Gasteiger partial charge is 0.254 e. The van der Waals surface area contributed by atoms with E-state index in [4.69, 9.17) is 5.26 Å². The van der Waals surface area contributed by atoms with Gasteiger partial charge in [0.2, 0.25) is 5.91 Å². The van der Waals surface area contributed by atoms with Gasteiger partial charge in [0.1, 0.15) is 0 Å². The molecule has 18 heavy (non-hydrogen) atoms. The van der Waals surface area contributed by atoms with Gasteiger partial charge in [0.15, 0.2) is 0 Å². The van der Waals surface area contributed by atoms with Crippen LogP contribution in [0.1, 0.15) is 15.9 Å². The molecule has 0 aliphatic carbocycles. The van der Waals surface area contributed by atoms with E-state index in [1.54, 1.807) is 45.4 Å². The van der Waals surface area contributed by atoms with Crippen molar-refractivity contribution in [3.8, 4) is 6.07 Å². The van der Waals surface area contributed by atoms with E-state index in [0.29, 0.717) is 11.1 Å².